The molecule has 0 aliphatic carbocycles. The number of rotatable bonds is 4. The summed E-state index contributed by atoms with van der Waals surface area (Å²) >= 11 is 6.10. The first-order valence-electron chi connectivity index (χ1n) is 6.81. The summed E-state index contributed by atoms with van der Waals surface area (Å²) < 4.78 is 1.81. The van der Waals surface area contributed by atoms with E-state index in [4.69, 9.17) is 11.6 Å². The fourth-order valence-corrected chi connectivity index (χ4v) is 2.73. The zero-order valence-electron chi connectivity index (χ0n) is 11.7. The van der Waals surface area contributed by atoms with E-state index in [1.807, 2.05) is 54.2 Å². The molecule has 2 aromatic carbocycles. The lowest BCUT2D eigenvalue weighted by molar-refractivity contribution is -0.117. The smallest absolute Gasteiger partial charge is 0.143 e. The van der Waals surface area contributed by atoms with Gasteiger partial charge in [0.25, 0.3) is 0 Å². The van der Waals surface area contributed by atoms with Gasteiger partial charge in [-0.05, 0) is 17.7 Å². The third-order valence-electron chi connectivity index (χ3n) is 3.54. The maximum Gasteiger partial charge on any atom is 0.143 e. The van der Waals surface area contributed by atoms with Crippen LogP contribution in [0.1, 0.15) is 11.3 Å². The highest BCUT2D eigenvalue weighted by molar-refractivity contribution is 6.31. The van der Waals surface area contributed by atoms with Gasteiger partial charge in [-0.15, -0.1) is 0 Å². The van der Waals surface area contributed by atoms with Crippen LogP contribution in [0.15, 0.2) is 48.5 Å². The van der Waals surface area contributed by atoms with Crippen LogP contribution in [0.5, 0.6) is 0 Å². The van der Waals surface area contributed by atoms with Gasteiger partial charge in [-0.1, -0.05) is 48.0 Å². The molecule has 1 heterocycles. The van der Waals surface area contributed by atoms with Crippen molar-refractivity contribution in [3.8, 4) is 0 Å². The van der Waals surface area contributed by atoms with Crippen LogP contribution in [0.2, 0.25) is 5.02 Å². The zero-order chi connectivity index (χ0) is 14.8. The Kier molecular flexibility index (Phi) is 3.76. The lowest BCUT2D eigenvalue weighted by Crippen LogP contribution is -2.08. The van der Waals surface area contributed by atoms with Gasteiger partial charge in [0.1, 0.15) is 5.78 Å². The highest BCUT2D eigenvalue weighted by atomic mass is 35.5. The van der Waals surface area contributed by atoms with E-state index in [1.165, 1.54) is 0 Å². The molecule has 0 bridgehead atoms. The van der Waals surface area contributed by atoms with Crippen molar-refractivity contribution in [3.05, 3.63) is 64.8 Å². The van der Waals surface area contributed by atoms with Crippen LogP contribution in [-0.4, -0.2) is 15.6 Å². The van der Waals surface area contributed by atoms with E-state index in [9.17, 15) is 4.79 Å². The van der Waals surface area contributed by atoms with Crippen molar-refractivity contribution in [2.75, 3.05) is 0 Å². The fraction of sp³-hybridized carbons (Fsp3) is 0.176. The average molecular weight is 299 g/mol. The van der Waals surface area contributed by atoms with Crippen molar-refractivity contribution in [3.63, 3.8) is 0 Å². The number of Topliss-reactive ketones (excluding diaryl/α,β-unsaturated/α-hetero) is 1. The molecule has 0 radical (unpaired) electrons. The monoisotopic (exact) mass is 298 g/mol. The molecular formula is C17H15ClN2O. The molecule has 3 nitrogen and oxygen atoms in total. The van der Waals surface area contributed by atoms with Crippen molar-refractivity contribution < 1.29 is 4.79 Å². The number of aryl methyl sites for hydroxylation is 1. The third kappa shape index (κ3) is 2.83. The zero-order valence-corrected chi connectivity index (χ0v) is 12.5. The van der Waals surface area contributed by atoms with Gasteiger partial charge in [-0.25, -0.2) is 0 Å². The highest BCUT2D eigenvalue weighted by Crippen LogP contribution is 2.20. The van der Waals surface area contributed by atoms with E-state index >= 15 is 0 Å². The number of carbonyl (C=O) groups excluding carboxylic acids is 1. The molecule has 0 unspecified atom stereocenters. The predicted molar refractivity (Wildman–Crippen MR) is 84.6 cm³/mol. The molecule has 0 aliphatic heterocycles. The molecule has 0 saturated heterocycles. The molecule has 0 saturated carbocycles. The molecule has 0 fully saturated rings. The minimum absolute atomic E-state index is 0.118. The van der Waals surface area contributed by atoms with Crippen LogP contribution < -0.4 is 0 Å². The Hall–Kier alpha value is -2.13. The molecular weight excluding hydrogens is 284 g/mol. The van der Waals surface area contributed by atoms with E-state index in [2.05, 4.69) is 5.10 Å². The summed E-state index contributed by atoms with van der Waals surface area (Å²) in [6, 6.07) is 15.4. The van der Waals surface area contributed by atoms with Gasteiger partial charge in [0.15, 0.2) is 0 Å². The molecule has 0 spiro atoms. The summed E-state index contributed by atoms with van der Waals surface area (Å²) in [7, 11) is 1.89. The fourth-order valence-electron chi connectivity index (χ4n) is 2.52. The van der Waals surface area contributed by atoms with Crippen molar-refractivity contribution >= 4 is 28.3 Å². The number of halogens is 1. The van der Waals surface area contributed by atoms with Crippen LogP contribution in [0.25, 0.3) is 10.9 Å². The Balaban J connectivity index is 1.82. The molecule has 0 N–H and O–H groups in total. The average Bonchev–Trinajstić information content (AvgIpc) is 2.79. The maximum absolute atomic E-state index is 12.3. The van der Waals surface area contributed by atoms with Gasteiger partial charge in [0.2, 0.25) is 0 Å². The summed E-state index contributed by atoms with van der Waals surface area (Å²) in [6.45, 7) is 0. The summed E-state index contributed by atoms with van der Waals surface area (Å²) in [6.07, 6.45) is 0.664. The van der Waals surface area contributed by atoms with Crippen LogP contribution in [0, 0.1) is 0 Å². The van der Waals surface area contributed by atoms with E-state index in [-0.39, 0.29) is 5.78 Å². The van der Waals surface area contributed by atoms with Gasteiger partial charge in [-0.2, -0.15) is 5.10 Å². The second-order valence-electron chi connectivity index (χ2n) is 5.07. The summed E-state index contributed by atoms with van der Waals surface area (Å²) in [5.41, 5.74) is 2.73. The van der Waals surface area contributed by atoms with Crippen molar-refractivity contribution in [2.24, 2.45) is 7.05 Å². The first kappa shape index (κ1) is 13.8. The number of para-hydroxylation sites is 1. The molecule has 0 atom stereocenters. The Bertz CT molecular complexity index is 807. The topological polar surface area (TPSA) is 34.9 Å². The Labute approximate surface area is 128 Å². The number of fused-ring (bicyclic) bond motifs is 1. The number of hydrogen-bond donors (Lipinski definition) is 0. The summed E-state index contributed by atoms with van der Waals surface area (Å²) in [4.78, 5) is 12.3. The second-order valence-corrected chi connectivity index (χ2v) is 5.48. The largest absolute Gasteiger partial charge is 0.299 e. The number of ketones is 1. The second kappa shape index (κ2) is 5.70. The van der Waals surface area contributed by atoms with Crippen molar-refractivity contribution in [1.82, 2.24) is 9.78 Å². The Morgan fingerprint density at radius 3 is 2.62 bits per heavy atom. The lowest BCUT2D eigenvalue weighted by Gasteiger charge is -2.02. The van der Waals surface area contributed by atoms with Crippen LogP contribution in [0.4, 0.5) is 0 Å². The van der Waals surface area contributed by atoms with Crippen LogP contribution >= 0.6 is 11.6 Å². The van der Waals surface area contributed by atoms with Gasteiger partial charge in [0.05, 0.1) is 17.6 Å². The van der Waals surface area contributed by atoms with Gasteiger partial charge < -0.3 is 0 Å². The molecule has 0 amide bonds. The van der Waals surface area contributed by atoms with Crippen LogP contribution in [-0.2, 0) is 24.7 Å². The minimum atomic E-state index is 0.118. The standard InChI is InChI=1S/C17H15ClN2O/c1-20-17-9-5-3-7-14(17)16(19-20)11-13(21)10-12-6-2-4-8-15(12)18/h2-9H,10-11H2,1H3. The van der Waals surface area contributed by atoms with E-state index in [0.29, 0.717) is 17.9 Å². The SMILES string of the molecule is Cn1nc(CC(=O)Cc2ccccc2Cl)c2ccccc21. The van der Waals surface area contributed by atoms with Gasteiger partial charge >= 0.3 is 0 Å². The summed E-state index contributed by atoms with van der Waals surface area (Å²) in [5.74, 6) is 0.118. The highest BCUT2D eigenvalue weighted by Gasteiger charge is 2.13. The Morgan fingerprint density at radius 1 is 1.10 bits per heavy atom. The predicted octanol–water partition coefficient (Wildman–Crippen LogP) is 3.58. The van der Waals surface area contributed by atoms with Crippen LogP contribution in [0.3, 0.4) is 0 Å². The van der Waals surface area contributed by atoms with Gasteiger partial charge in [-0.3, -0.25) is 9.48 Å². The normalized spacial score (nSPS) is 11.0. The first-order valence-corrected chi connectivity index (χ1v) is 7.18. The van der Waals surface area contributed by atoms with E-state index in [0.717, 1.165) is 22.2 Å². The van der Waals surface area contributed by atoms with E-state index in [1.54, 1.807) is 6.07 Å². The van der Waals surface area contributed by atoms with Gasteiger partial charge in [0, 0.05) is 23.9 Å². The first-order chi connectivity index (χ1) is 10.1. The number of benzene rings is 2. The molecule has 3 rings (SSSR count). The Morgan fingerprint density at radius 2 is 1.81 bits per heavy atom. The molecule has 0 aliphatic rings. The number of aromatic nitrogens is 2. The molecule has 21 heavy (non-hydrogen) atoms. The number of nitrogens with zero attached hydrogens (tertiary/aromatic N) is 2. The van der Waals surface area contributed by atoms with Crippen molar-refractivity contribution in [2.45, 2.75) is 12.8 Å². The van der Waals surface area contributed by atoms with Crippen molar-refractivity contribution in [1.29, 1.82) is 0 Å². The third-order valence-corrected chi connectivity index (χ3v) is 3.91. The number of hydrogen-bond acceptors (Lipinski definition) is 2. The van der Waals surface area contributed by atoms with E-state index < -0.39 is 0 Å². The number of carbonyl (C=O) groups is 1. The maximum atomic E-state index is 12.3. The molecule has 106 valence electrons. The quantitative estimate of drug-likeness (QED) is 0.738. The minimum Gasteiger partial charge on any atom is -0.299 e. The molecule has 3 aromatic rings. The summed E-state index contributed by atoms with van der Waals surface area (Å²) in [5, 5.41) is 6.13. The lowest BCUT2D eigenvalue weighted by atomic mass is 10.0. The molecule has 1 aromatic heterocycles. The molecule has 4 heteroatoms.